The number of alkyl halides is 9. The van der Waals surface area contributed by atoms with Gasteiger partial charge in [0, 0.05) is 73.1 Å². The van der Waals surface area contributed by atoms with E-state index in [1.807, 2.05) is 13.8 Å². The minimum Gasteiger partial charge on any atom is -0.343 e. The number of fused-ring (bicyclic) bond motifs is 2. The van der Waals surface area contributed by atoms with Crippen LogP contribution in [0, 0.1) is 41.4 Å². The van der Waals surface area contributed by atoms with E-state index in [9.17, 15) is 64.7 Å². The van der Waals surface area contributed by atoms with Crippen LogP contribution in [-0.2, 0) is 52.7 Å². The second kappa shape index (κ2) is 33.8. The number of rotatable bonds is 10. The highest BCUT2D eigenvalue weighted by molar-refractivity contribution is 6.20. The van der Waals surface area contributed by atoms with Crippen LogP contribution >= 0.6 is 11.6 Å². The van der Waals surface area contributed by atoms with Gasteiger partial charge in [-0.15, -0.1) is 11.6 Å². The van der Waals surface area contributed by atoms with E-state index in [4.69, 9.17) is 11.6 Å². The highest BCUT2D eigenvalue weighted by Gasteiger charge is 2.57. The van der Waals surface area contributed by atoms with Crippen LogP contribution in [-0.4, -0.2) is 250 Å². The average molecular weight is 1470 g/mol. The van der Waals surface area contributed by atoms with Crippen LogP contribution in [0.3, 0.4) is 0 Å². The highest BCUT2D eigenvalue weighted by atomic mass is 35.5. The predicted octanol–water partition coefficient (Wildman–Crippen LogP) is 7.67. The van der Waals surface area contributed by atoms with Crippen molar-refractivity contribution in [3.63, 3.8) is 0 Å². The predicted molar refractivity (Wildman–Crippen MR) is 358 cm³/mol. The van der Waals surface area contributed by atoms with Crippen LogP contribution in [0.5, 0.6) is 0 Å². The number of carbonyl (C=O) groups excluding carboxylic acids is 11. The summed E-state index contributed by atoms with van der Waals surface area (Å²) in [5, 5.41) is 6.78. The first-order valence-electron chi connectivity index (χ1n) is 36.3. The van der Waals surface area contributed by atoms with Gasteiger partial charge in [0.15, 0.2) is 0 Å². The molecule has 0 aromatic carbocycles. The number of nitrogens with zero attached hydrogens (tertiary/aromatic N) is 8. The largest absolute Gasteiger partial charge is 0.393 e. The summed E-state index contributed by atoms with van der Waals surface area (Å²) in [6.45, 7) is 8.14. The van der Waals surface area contributed by atoms with Gasteiger partial charge in [-0.25, -0.2) is 8.78 Å². The number of likely N-dealkylation sites (N-methyl/N-ethyl adjacent to an activating group) is 6. The summed E-state index contributed by atoms with van der Waals surface area (Å²) in [6.07, 6.45) is -7.98. The Balaban J connectivity index is 1.27. The maximum absolute atomic E-state index is 16.1. The van der Waals surface area contributed by atoms with Gasteiger partial charge in [0.05, 0.1) is 24.9 Å². The van der Waals surface area contributed by atoms with Gasteiger partial charge >= 0.3 is 12.4 Å². The Morgan fingerprint density at radius 2 is 1.23 bits per heavy atom. The molecule has 0 aromatic heterocycles. The van der Waals surface area contributed by atoms with Gasteiger partial charge in [0.1, 0.15) is 53.9 Å². The second-order valence-corrected chi connectivity index (χ2v) is 31.5. The SMILES string of the molecule is CC[C@H](C)[C@@H]1NC(=O)[C@H](CC(C)C)N(C)C(=O)C[C@@H](C)N(C)C(=O)[C@H](C2CCCCC2)N(C)C(=O)C2(CCC2)NC(=O)[C@@H]2CC(F)(F)CN2C(=O)[C@H](CCC2CCC(C(F)(F)F)C(Cl)C2)NC(=O)CN(C)C(=O)[C@H](CC2CCC(C(F)(F)F)CC2)N(C)C(=O)[C@@H]2CCN2C(=O)[C@H](C)N(C)C1=O. The topological polar surface area (TPSA) is 250 Å². The first kappa shape index (κ1) is 82.2. The summed E-state index contributed by atoms with van der Waals surface area (Å²) in [7, 11) is 8.20. The van der Waals surface area contributed by atoms with E-state index in [1.54, 1.807) is 20.8 Å². The molecule has 3 saturated heterocycles. The van der Waals surface area contributed by atoms with Crippen molar-refractivity contribution in [1.82, 2.24) is 55.1 Å². The van der Waals surface area contributed by atoms with Gasteiger partial charge in [0.2, 0.25) is 65.0 Å². The summed E-state index contributed by atoms with van der Waals surface area (Å²) in [5.41, 5.74) is -1.75. The first-order valence-corrected chi connectivity index (χ1v) is 36.7. The fourth-order valence-corrected chi connectivity index (χ4v) is 16.6. The Kier molecular flexibility index (Phi) is 27.5. The Morgan fingerprint density at radius 3 is 1.77 bits per heavy atom. The molecule has 4 saturated carbocycles. The molecule has 31 heteroatoms. The van der Waals surface area contributed by atoms with E-state index in [-0.39, 0.29) is 109 Å². The van der Waals surface area contributed by atoms with Crippen molar-refractivity contribution in [3.8, 4) is 0 Å². The molecule has 4 aliphatic carbocycles. The monoisotopic (exact) mass is 1470 g/mol. The lowest BCUT2D eigenvalue weighted by Gasteiger charge is -2.47. The Labute approximate surface area is 593 Å². The third-order valence-electron chi connectivity index (χ3n) is 23.4. The van der Waals surface area contributed by atoms with Crippen LogP contribution in [0.25, 0.3) is 0 Å². The molecule has 0 bridgehead atoms. The molecule has 3 N–H and O–H groups in total. The number of halogens is 9. The summed E-state index contributed by atoms with van der Waals surface area (Å²) in [6, 6.07) is -12.0. The van der Waals surface area contributed by atoms with Crippen LogP contribution in [0.2, 0.25) is 0 Å². The van der Waals surface area contributed by atoms with E-state index in [2.05, 4.69) is 16.0 Å². The van der Waals surface area contributed by atoms with E-state index in [1.165, 1.54) is 68.8 Å². The van der Waals surface area contributed by atoms with Gasteiger partial charge in [-0.2, -0.15) is 26.3 Å². The van der Waals surface area contributed by atoms with Crippen molar-refractivity contribution in [2.24, 2.45) is 41.4 Å². The van der Waals surface area contributed by atoms with Gasteiger partial charge in [-0.05, 0) is 153 Å². The molecular formula is C70H108ClF8N11O11. The van der Waals surface area contributed by atoms with Gasteiger partial charge in [-0.1, -0.05) is 53.4 Å². The molecule has 7 rings (SSSR count). The Bertz CT molecular complexity index is 3000. The zero-order valence-corrected chi connectivity index (χ0v) is 61.4. The molecule has 572 valence electrons. The molecule has 22 nitrogen and oxygen atoms in total. The van der Waals surface area contributed by atoms with E-state index >= 15 is 23.2 Å². The number of hydrogen-bond acceptors (Lipinski definition) is 11. The van der Waals surface area contributed by atoms with Gasteiger partial charge in [0.25, 0.3) is 5.92 Å². The van der Waals surface area contributed by atoms with Gasteiger partial charge < -0.3 is 55.1 Å². The summed E-state index contributed by atoms with van der Waals surface area (Å²) in [5.74, 6) is -18.2. The van der Waals surface area contributed by atoms with E-state index in [0.717, 1.165) is 34.0 Å². The average Bonchev–Trinajstić information content (AvgIpc) is 1.46. The highest BCUT2D eigenvalue weighted by Crippen LogP contribution is 2.45. The number of hydrogen-bond donors (Lipinski definition) is 3. The maximum Gasteiger partial charge on any atom is 0.393 e. The van der Waals surface area contributed by atoms with Crippen molar-refractivity contribution >= 4 is 76.6 Å². The molecule has 101 heavy (non-hydrogen) atoms. The smallest absolute Gasteiger partial charge is 0.343 e. The molecular weight excluding hydrogens is 1360 g/mol. The summed E-state index contributed by atoms with van der Waals surface area (Å²) in [4.78, 5) is 172. The van der Waals surface area contributed by atoms with Crippen LogP contribution in [0.4, 0.5) is 35.1 Å². The van der Waals surface area contributed by atoms with Crippen LogP contribution in [0.1, 0.15) is 189 Å². The molecule has 0 radical (unpaired) electrons. The lowest BCUT2D eigenvalue weighted by atomic mass is 9.74. The molecule has 3 heterocycles. The van der Waals surface area contributed by atoms with E-state index < -0.39 is 204 Å². The molecule has 0 aromatic rings. The molecule has 7 fully saturated rings. The number of nitrogens with one attached hydrogen (secondary N) is 3. The van der Waals surface area contributed by atoms with Gasteiger partial charge in [-0.3, -0.25) is 52.7 Å². The van der Waals surface area contributed by atoms with Crippen LogP contribution in [0.15, 0.2) is 0 Å². The van der Waals surface area contributed by atoms with Crippen molar-refractivity contribution in [2.45, 2.75) is 273 Å². The lowest BCUT2D eigenvalue weighted by Crippen LogP contribution is -2.68. The molecule has 1 spiro atoms. The molecule has 3 aliphatic heterocycles. The number of amides is 11. The standard InChI is InChI=1S/C70H108ClF8N11O11/c1-13-40(4)56-64(99)85(9)42(6)60(95)89-31-28-50(89)63(98)87(11)52(35-44-20-24-46(25-21-44)69(74,75)76)62(97)83(7)37-54(91)80-49(27-23-43-22-26-47(48(71)34-43)70(77,78)79)61(96)90-38-68(72,73)36-53(90)59(94)82-67(29-17-30-67)66(101)88(12)57(45-18-15-14-16-19-45)65(100)84(8)41(5)33-55(92)86(10)51(32-39(2)3)58(93)81-56/h39-53,56-57H,13-38H2,1-12H3,(H,80,91)(H,81,93)(H,82,94)/t40-,41+,42-,43?,44?,46?,47?,48?,49-,50-,51-,52-,53-,56-,57-/m0/s1. The lowest BCUT2D eigenvalue weighted by molar-refractivity contribution is -0.184. The van der Waals surface area contributed by atoms with Crippen molar-refractivity contribution in [3.05, 3.63) is 0 Å². The van der Waals surface area contributed by atoms with Crippen molar-refractivity contribution < 1.29 is 87.9 Å². The third-order valence-corrected chi connectivity index (χ3v) is 23.9. The molecule has 13 atom stereocenters. The normalized spacial score (nSPS) is 32.8. The fourth-order valence-electron chi connectivity index (χ4n) is 16.1. The number of carbonyl (C=O) groups is 11. The Morgan fingerprint density at radius 1 is 0.604 bits per heavy atom. The van der Waals surface area contributed by atoms with Crippen molar-refractivity contribution in [1.29, 1.82) is 0 Å². The minimum atomic E-state index is -4.61. The molecule has 7 aliphatic rings. The second-order valence-electron chi connectivity index (χ2n) is 30.9. The zero-order valence-electron chi connectivity index (χ0n) is 60.7. The summed E-state index contributed by atoms with van der Waals surface area (Å²) >= 11 is 6.32. The zero-order chi connectivity index (χ0) is 75.3. The molecule has 3 unspecified atom stereocenters. The quantitative estimate of drug-likeness (QED) is 0.141. The summed E-state index contributed by atoms with van der Waals surface area (Å²) < 4.78 is 116. The molecule has 11 amide bonds. The fraction of sp³-hybridized carbons (Fsp3) is 0.843. The Hall–Kier alpha value is -6.10. The van der Waals surface area contributed by atoms with Crippen molar-refractivity contribution in [2.75, 3.05) is 61.9 Å². The maximum atomic E-state index is 16.1. The minimum absolute atomic E-state index is 0.00537. The third kappa shape index (κ3) is 19.5. The van der Waals surface area contributed by atoms with E-state index in [0.29, 0.717) is 30.6 Å². The van der Waals surface area contributed by atoms with Crippen LogP contribution < -0.4 is 16.0 Å². The first-order chi connectivity index (χ1) is 47.0.